The molecule has 12 nitrogen and oxygen atoms in total. The summed E-state index contributed by atoms with van der Waals surface area (Å²) in [6.07, 6.45) is -0.456. The Balaban J connectivity index is 2.01. The summed E-state index contributed by atoms with van der Waals surface area (Å²) in [4.78, 5) is 64.9. The summed E-state index contributed by atoms with van der Waals surface area (Å²) in [7, 11) is 1.11. The third-order valence-corrected chi connectivity index (χ3v) is 5.97. The molecule has 0 aliphatic carbocycles. The zero-order valence-electron chi connectivity index (χ0n) is 22.6. The molecular weight excluding hydrogens is 528 g/mol. The fourth-order valence-corrected chi connectivity index (χ4v) is 4.06. The normalized spacial score (nSPS) is 12.4. The van der Waals surface area contributed by atoms with E-state index in [4.69, 9.17) is 9.47 Å². The first-order valence-corrected chi connectivity index (χ1v) is 13.1. The number of hydrogen-bond donors (Lipinski definition) is 3. The average Bonchev–Trinajstić information content (AvgIpc) is 3.37. The summed E-state index contributed by atoms with van der Waals surface area (Å²) >= 11 is 1.11. The molecule has 0 aliphatic heterocycles. The molecule has 0 bridgehead atoms. The monoisotopic (exact) mass is 562 g/mol. The Morgan fingerprint density at radius 1 is 1.03 bits per heavy atom. The number of Topliss-reactive ketones (excluding diaryl/α,β-unsaturated/α-hetero) is 1. The lowest BCUT2D eigenvalue weighted by Crippen LogP contribution is -2.46. The Morgan fingerprint density at radius 3 is 2.33 bits per heavy atom. The first-order valence-electron chi connectivity index (χ1n) is 12.2. The third-order valence-electron chi connectivity index (χ3n) is 5.01. The number of aromatic nitrogens is 1. The number of methoxy groups -OCH3 is 1. The lowest BCUT2D eigenvalue weighted by molar-refractivity contribution is -0.145. The van der Waals surface area contributed by atoms with Crippen molar-refractivity contribution in [1.29, 1.82) is 0 Å². The Labute approximate surface area is 230 Å². The number of hydrogen-bond acceptors (Lipinski definition) is 10. The molecule has 0 radical (unpaired) electrons. The summed E-state index contributed by atoms with van der Waals surface area (Å²) in [5.74, 6) is -2.24. The van der Waals surface area contributed by atoms with Crippen LogP contribution in [-0.4, -0.2) is 60.1 Å². The second-order valence-corrected chi connectivity index (χ2v) is 10.3. The molecule has 1 unspecified atom stereocenters. The Bertz CT molecular complexity index is 1150. The maximum atomic E-state index is 12.6. The fraction of sp³-hybridized carbons (Fsp3) is 0.462. The molecule has 1 aromatic heterocycles. The Morgan fingerprint density at radius 2 is 1.72 bits per heavy atom. The van der Waals surface area contributed by atoms with Gasteiger partial charge in [-0.3, -0.25) is 9.59 Å². The van der Waals surface area contributed by atoms with Gasteiger partial charge in [0.2, 0.25) is 0 Å². The average molecular weight is 563 g/mol. The van der Waals surface area contributed by atoms with Crippen LogP contribution >= 0.6 is 11.3 Å². The van der Waals surface area contributed by atoms with E-state index in [0.717, 1.165) is 30.9 Å². The molecule has 1 heterocycles. The number of ketones is 1. The van der Waals surface area contributed by atoms with E-state index in [9.17, 15) is 24.0 Å². The van der Waals surface area contributed by atoms with E-state index in [2.05, 4.69) is 25.7 Å². The van der Waals surface area contributed by atoms with Crippen molar-refractivity contribution in [2.45, 2.75) is 64.8 Å². The molecule has 0 spiro atoms. The van der Waals surface area contributed by atoms with Crippen molar-refractivity contribution in [3.8, 4) is 0 Å². The Hall–Kier alpha value is -4.00. The van der Waals surface area contributed by atoms with Gasteiger partial charge in [0.1, 0.15) is 22.9 Å². The molecule has 212 valence electrons. The van der Waals surface area contributed by atoms with Crippen molar-refractivity contribution < 1.29 is 38.2 Å². The standard InChI is InChI=1S/C26H34N4O8S/c1-16(31)20(23(33)36-5)30-21(32)19-15-39-22(28-19)18(29-25(35)38-26(2,3)4)12-9-13-27-24(34)37-14-17-10-7-6-8-11-17/h6-8,10-11,15,18,20H,9,12-14H2,1-5H3,(H,27,34)(H,29,35)(H,30,32)/t18-,20?/m0/s1. The fourth-order valence-electron chi connectivity index (χ4n) is 3.18. The maximum Gasteiger partial charge on any atom is 0.408 e. The highest BCUT2D eigenvalue weighted by molar-refractivity contribution is 7.09. The van der Waals surface area contributed by atoms with Crippen molar-refractivity contribution in [2.24, 2.45) is 0 Å². The molecule has 0 fully saturated rings. The van der Waals surface area contributed by atoms with Gasteiger partial charge in [-0.2, -0.15) is 0 Å². The van der Waals surface area contributed by atoms with Crippen LogP contribution in [0.15, 0.2) is 35.7 Å². The third kappa shape index (κ3) is 11.1. The highest BCUT2D eigenvalue weighted by Crippen LogP contribution is 2.23. The maximum absolute atomic E-state index is 12.6. The number of nitrogens with zero attached hydrogens (tertiary/aromatic N) is 1. The van der Waals surface area contributed by atoms with Crippen LogP contribution in [0.3, 0.4) is 0 Å². The molecular formula is C26H34N4O8S. The SMILES string of the molecule is COC(=O)C(NC(=O)c1csc([C@H](CCCNC(=O)OCc2ccccc2)NC(=O)OC(C)(C)C)n1)C(C)=O. The topological polar surface area (TPSA) is 162 Å². The van der Waals surface area contributed by atoms with Gasteiger partial charge in [0.05, 0.1) is 13.2 Å². The number of alkyl carbamates (subject to hydrolysis) is 2. The van der Waals surface area contributed by atoms with Gasteiger partial charge in [-0.15, -0.1) is 11.3 Å². The largest absolute Gasteiger partial charge is 0.467 e. The zero-order chi connectivity index (χ0) is 29.0. The molecule has 3 amide bonds. The minimum absolute atomic E-state index is 0.0382. The number of benzene rings is 1. The highest BCUT2D eigenvalue weighted by Gasteiger charge is 2.28. The van der Waals surface area contributed by atoms with Crippen molar-refractivity contribution in [2.75, 3.05) is 13.7 Å². The minimum Gasteiger partial charge on any atom is -0.467 e. The van der Waals surface area contributed by atoms with E-state index in [-0.39, 0.29) is 18.8 Å². The molecule has 2 atom stereocenters. The van der Waals surface area contributed by atoms with E-state index in [0.29, 0.717) is 17.8 Å². The van der Waals surface area contributed by atoms with Crippen molar-refractivity contribution >= 4 is 41.2 Å². The van der Waals surface area contributed by atoms with Gasteiger partial charge < -0.3 is 30.2 Å². The van der Waals surface area contributed by atoms with Crippen LogP contribution in [0.2, 0.25) is 0 Å². The zero-order valence-corrected chi connectivity index (χ0v) is 23.4. The molecule has 0 saturated carbocycles. The van der Waals surface area contributed by atoms with E-state index in [1.165, 1.54) is 5.38 Å². The van der Waals surface area contributed by atoms with Crippen LogP contribution in [0, 0.1) is 0 Å². The van der Waals surface area contributed by atoms with Gasteiger partial charge in [-0.25, -0.2) is 19.4 Å². The van der Waals surface area contributed by atoms with Crippen LogP contribution in [0.5, 0.6) is 0 Å². The number of amides is 3. The van der Waals surface area contributed by atoms with E-state index in [1.54, 1.807) is 20.8 Å². The summed E-state index contributed by atoms with van der Waals surface area (Å²) < 4.78 is 15.1. The number of rotatable bonds is 12. The predicted octanol–water partition coefficient (Wildman–Crippen LogP) is 3.28. The summed E-state index contributed by atoms with van der Waals surface area (Å²) in [6.45, 7) is 6.74. The van der Waals surface area contributed by atoms with Gasteiger partial charge >= 0.3 is 18.2 Å². The lowest BCUT2D eigenvalue weighted by atomic mass is 10.1. The van der Waals surface area contributed by atoms with Crippen LogP contribution < -0.4 is 16.0 Å². The van der Waals surface area contributed by atoms with E-state index < -0.39 is 47.5 Å². The second-order valence-electron chi connectivity index (χ2n) is 9.44. The van der Waals surface area contributed by atoms with Crippen molar-refractivity contribution in [1.82, 2.24) is 20.9 Å². The first-order chi connectivity index (χ1) is 18.4. The molecule has 39 heavy (non-hydrogen) atoms. The van der Waals surface area contributed by atoms with Crippen LogP contribution in [0.4, 0.5) is 9.59 Å². The second kappa shape index (κ2) is 14.8. The van der Waals surface area contributed by atoms with Crippen molar-refractivity contribution in [3.05, 3.63) is 52.0 Å². The van der Waals surface area contributed by atoms with Gasteiger partial charge in [-0.1, -0.05) is 30.3 Å². The van der Waals surface area contributed by atoms with Gasteiger partial charge in [0.15, 0.2) is 11.8 Å². The number of esters is 1. The van der Waals surface area contributed by atoms with E-state index >= 15 is 0 Å². The van der Waals surface area contributed by atoms with Gasteiger partial charge in [0.25, 0.3) is 5.91 Å². The molecule has 2 rings (SSSR count). The molecule has 2 aromatic rings. The van der Waals surface area contributed by atoms with Crippen molar-refractivity contribution in [3.63, 3.8) is 0 Å². The number of carbonyl (C=O) groups excluding carboxylic acids is 5. The number of carbonyl (C=O) groups is 5. The van der Waals surface area contributed by atoms with Crippen LogP contribution in [0.25, 0.3) is 0 Å². The predicted molar refractivity (Wildman–Crippen MR) is 142 cm³/mol. The quantitative estimate of drug-likeness (QED) is 0.152. The first kappa shape index (κ1) is 31.2. The highest BCUT2D eigenvalue weighted by atomic mass is 32.1. The lowest BCUT2D eigenvalue weighted by Gasteiger charge is -2.23. The Kier molecular flexibility index (Phi) is 11.9. The van der Waals surface area contributed by atoms with Crippen LogP contribution in [0.1, 0.15) is 67.6 Å². The summed E-state index contributed by atoms with van der Waals surface area (Å²) in [5, 5.41) is 9.56. The van der Waals surface area contributed by atoms with Gasteiger partial charge in [-0.05, 0) is 46.1 Å². The molecule has 0 aliphatic rings. The van der Waals surface area contributed by atoms with Crippen LogP contribution in [-0.2, 0) is 30.4 Å². The number of ether oxygens (including phenoxy) is 3. The molecule has 1 aromatic carbocycles. The number of nitrogens with one attached hydrogen (secondary N) is 3. The minimum atomic E-state index is -1.46. The molecule has 3 N–H and O–H groups in total. The molecule has 13 heteroatoms. The summed E-state index contributed by atoms with van der Waals surface area (Å²) in [6, 6.07) is 7.16. The summed E-state index contributed by atoms with van der Waals surface area (Å²) in [5.41, 5.74) is 0.0882. The van der Waals surface area contributed by atoms with Gasteiger partial charge in [0, 0.05) is 11.9 Å². The van der Waals surface area contributed by atoms with E-state index in [1.807, 2.05) is 30.3 Å². The smallest absolute Gasteiger partial charge is 0.408 e. The molecule has 0 saturated heterocycles. The number of thiazole rings is 1.